The van der Waals surface area contributed by atoms with Gasteiger partial charge in [-0.3, -0.25) is 14.6 Å². The lowest BCUT2D eigenvalue weighted by molar-refractivity contribution is -0.121. The summed E-state index contributed by atoms with van der Waals surface area (Å²) in [6, 6.07) is 0.785. The number of hydrogen-bond donors (Lipinski definition) is 0. The number of likely N-dealkylation sites (tertiary alicyclic amines) is 1. The topological polar surface area (TPSA) is 107 Å². The van der Waals surface area contributed by atoms with Gasteiger partial charge in [0.05, 0.1) is 16.9 Å². The van der Waals surface area contributed by atoms with Crippen LogP contribution in [-0.2, 0) is 9.53 Å². The van der Waals surface area contributed by atoms with Crippen molar-refractivity contribution in [3.63, 3.8) is 0 Å². The Morgan fingerprint density at radius 1 is 1.29 bits per heavy atom. The first-order valence-corrected chi connectivity index (χ1v) is 12.7. The minimum atomic E-state index is -0.622. The molecule has 4 heterocycles. The van der Waals surface area contributed by atoms with Crippen molar-refractivity contribution in [2.24, 2.45) is 23.7 Å². The van der Waals surface area contributed by atoms with Gasteiger partial charge < -0.3 is 4.74 Å². The van der Waals surface area contributed by atoms with E-state index in [0.29, 0.717) is 36.3 Å². The van der Waals surface area contributed by atoms with Crippen molar-refractivity contribution in [3.8, 4) is 6.07 Å². The predicted octanol–water partition coefficient (Wildman–Crippen LogP) is 4.31. The Kier molecular flexibility index (Phi) is 5.91. The second-order valence-electron chi connectivity index (χ2n) is 10.7. The average molecular weight is 500 g/mol. The molecule has 4 aliphatic rings. The highest BCUT2D eigenvalue weighted by Gasteiger charge is 2.63. The lowest BCUT2D eigenvalue weighted by atomic mass is 9.75. The molecule has 3 aliphatic heterocycles. The van der Waals surface area contributed by atoms with E-state index in [4.69, 9.17) is 21.6 Å². The van der Waals surface area contributed by atoms with Gasteiger partial charge in [0.2, 0.25) is 0 Å². The summed E-state index contributed by atoms with van der Waals surface area (Å²) in [7, 11) is 0. The number of amides is 4. The number of imide groups is 1. The largest absolute Gasteiger partial charge is 0.446 e. The van der Waals surface area contributed by atoms with Gasteiger partial charge in [-0.1, -0.05) is 38.8 Å². The van der Waals surface area contributed by atoms with Crippen molar-refractivity contribution >= 4 is 35.3 Å². The van der Waals surface area contributed by atoms with Crippen LogP contribution >= 0.6 is 11.6 Å². The molecule has 5 rings (SSSR count). The van der Waals surface area contributed by atoms with Crippen molar-refractivity contribution in [1.29, 1.82) is 5.26 Å². The third kappa shape index (κ3) is 3.65. The number of nitrogens with zero attached hydrogens (tertiary/aromatic N) is 5. The summed E-state index contributed by atoms with van der Waals surface area (Å²) in [5, 5.41) is 9.29. The number of nitriles is 1. The molecule has 4 fully saturated rings. The van der Waals surface area contributed by atoms with Crippen molar-refractivity contribution in [2.45, 2.75) is 71.7 Å². The van der Waals surface area contributed by atoms with Gasteiger partial charge in [0.25, 0.3) is 5.91 Å². The monoisotopic (exact) mass is 499 g/mol. The quantitative estimate of drug-likeness (QED) is 0.573. The van der Waals surface area contributed by atoms with E-state index in [-0.39, 0.29) is 34.3 Å². The second kappa shape index (κ2) is 8.66. The predicted molar refractivity (Wildman–Crippen MR) is 127 cm³/mol. The Bertz CT molecular complexity index is 1130. The number of carbonyl (C=O) groups excluding carboxylic acids is 3. The first-order valence-electron chi connectivity index (χ1n) is 12.3. The molecule has 10 heteroatoms. The highest BCUT2D eigenvalue weighted by Crippen LogP contribution is 2.46. The number of aromatic nitrogens is 1. The second-order valence-corrected chi connectivity index (χ2v) is 11.1. The summed E-state index contributed by atoms with van der Waals surface area (Å²) in [5.74, 6) is 0.751. The Labute approximate surface area is 210 Å². The molecule has 3 saturated heterocycles. The zero-order valence-corrected chi connectivity index (χ0v) is 21.2. The fourth-order valence-electron chi connectivity index (χ4n) is 6.40. The van der Waals surface area contributed by atoms with Gasteiger partial charge in [-0.15, -0.1) is 0 Å². The zero-order chi connectivity index (χ0) is 25.2. The van der Waals surface area contributed by atoms with Crippen LogP contribution in [-0.4, -0.2) is 57.7 Å². The van der Waals surface area contributed by atoms with E-state index in [2.05, 4.69) is 25.8 Å². The molecular formula is C25H30ClN5O4. The van der Waals surface area contributed by atoms with E-state index in [1.165, 1.54) is 11.1 Å². The van der Waals surface area contributed by atoms with Crippen LogP contribution in [0.2, 0.25) is 5.02 Å². The van der Waals surface area contributed by atoms with Crippen LogP contribution < -0.4 is 4.90 Å². The highest BCUT2D eigenvalue weighted by atomic mass is 35.5. The van der Waals surface area contributed by atoms with Crippen LogP contribution in [0.15, 0.2) is 6.20 Å². The fraction of sp³-hybridized carbons (Fsp3) is 0.640. The Balaban J connectivity index is 1.36. The molecule has 1 aromatic heterocycles. The van der Waals surface area contributed by atoms with E-state index < -0.39 is 24.3 Å². The molecule has 1 aliphatic carbocycles. The number of carbonyl (C=O) groups is 3. The van der Waals surface area contributed by atoms with Crippen molar-refractivity contribution in [1.82, 2.24) is 14.8 Å². The number of ether oxygens (including phenoxy) is 1. The van der Waals surface area contributed by atoms with E-state index in [1.54, 1.807) is 11.8 Å². The first-order chi connectivity index (χ1) is 16.6. The number of anilines is 1. The van der Waals surface area contributed by atoms with Crippen molar-refractivity contribution in [2.75, 3.05) is 11.4 Å². The lowest BCUT2D eigenvalue weighted by Gasteiger charge is -2.40. The van der Waals surface area contributed by atoms with Crippen LogP contribution in [0, 0.1) is 41.9 Å². The molecule has 2 bridgehead atoms. The SMILES string of the molecule is Cc1c(N2C(=O)[C@@H]3[C@@H]4C[C@H](N(C(=O)O[C@@H]5C[C@H](C)CC[C@H]5C(C)C)C4)N3C2=O)cnc(C#N)c1Cl. The summed E-state index contributed by atoms with van der Waals surface area (Å²) in [6.45, 7) is 8.56. The van der Waals surface area contributed by atoms with Gasteiger partial charge in [0.1, 0.15) is 24.4 Å². The molecule has 6 atom stereocenters. The van der Waals surface area contributed by atoms with E-state index in [0.717, 1.165) is 24.2 Å². The maximum Gasteiger partial charge on any atom is 0.411 e. The number of rotatable bonds is 3. The number of pyridine rings is 1. The molecule has 1 saturated carbocycles. The minimum absolute atomic E-state index is 0.0400. The van der Waals surface area contributed by atoms with Crippen LogP contribution in [0.4, 0.5) is 15.3 Å². The molecule has 35 heavy (non-hydrogen) atoms. The molecular weight excluding hydrogens is 470 g/mol. The van der Waals surface area contributed by atoms with E-state index in [9.17, 15) is 14.4 Å². The molecule has 186 valence electrons. The minimum Gasteiger partial charge on any atom is -0.446 e. The normalized spacial score (nSPS) is 31.9. The van der Waals surface area contributed by atoms with E-state index in [1.807, 2.05) is 6.07 Å². The number of urea groups is 1. The van der Waals surface area contributed by atoms with Gasteiger partial charge in [-0.2, -0.15) is 5.26 Å². The molecule has 4 amide bonds. The first kappa shape index (κ1) is 23.9. The van der Waals surface area contributed by atoms with E-state index >= 15 is 0 Å². The number of hydrogen-bond acceptors (Lipinski definition) is 6. The van der Waals surface area contributed by atoms with Gasteiger partial charge in [-0.05, 0) is 49.5 Å². The number of halogens is 1. The maximum absolute atomic E-state index is 13.5. The summed E-state index contributed by atoms with van der Waals surface area (Å²) in [5.41, 5.74) is 0.747. The highest BCUT2D eigenvalue weighted by molar-refractivity contribution is 6.33. The van der Waals surface area contributed by atoms with Crippen LogP contribution in [0.5, 0.6) is 0 Å². The summed E-state index contributed by atoms with van der Waals surface area (Å²) in [6.07, 6.45) is 3.87. The van der Waals surface area contributed by atoms with Crippen LogP contribution in [0.3, 0.4) is 0 Å². The summed E-state index contributed by atoms with van der Waals surface area (Å²) >= 11 is 6.25. The van der Waals surface area contributed by atoms with Gasteiger partial charge in [0.15, 0.2) is 5.69 Å². The average Bonchev–Trinajstić information content (AvgIpc) is 3.47. The Morgan fingerprint density at radius 2 is 2.03 bits per heavy atom. The van der Waals surface area contributed by atoms with Crippen molar-refractivity contribution < 1.29 is 19.1 Å². The fourth-order valence-corrected chi connectivity index (χ4v) is 6.59. The Morgan fingerprint density at radius 3 is 2.71 bits per heavy atom. The standard InChI is InChI=1S/C25H30ClN5O4/c1-12(2)16-6-5-13(3)7-19(16)35-25(34)29-11-15-8-20(29)31-22(15)23(32)30(24(31)33)18-10-28-17(9-27)21(26)14(18)4/h10,12-13,15-16,19-20,22H,5-8,11H2,1-4H3/t13-,15-,16+,19-,20-,22+/m1/s1. The molecule has 0 aromatic carbocycles. The molecule has 9 nitrogen and oxygen atoms in total. The molecule has 0 N–H and O–H groups in total. The van der Waals surface area contributed by atoms with Gasteiger partial charge in [0, 0.05) is 12.5 Å². The zero-order valence-electron chi connectivity index (χ0n) is 20.4. The third-order valence-electron chi connectivity index (χ3n) is 8.29. The van der Waals surface area contributed by atoms with Crippen LogP contribution in [0.25, 0.3) is 0 Å². The van der Waals surface area contributed by atoms with Gasteiger partial charge >= 0.3 is 12.1 Å². The smallest absolute Gasteiger partial charge is 0.411 e. The number of fused-ring (bicyclic) bond motifs is 5. The Hall–Kier alpha value is -2.86. The summed E-state index contributed by atoms with van der Waals surface area (Å²) in [4.78, 5) is 48.3. The molecule has 1 aromatic rings. The summed E-state index contributed by atoms with van der Waals surface area (Å²) < 4.78 is 6.05. The molecule has 0 radical (unpaired) electrons. The third-order valence-corrected chi connectivity index (χ3v) is 8.75. The van der Waals surface area contributed by atoms with Crippen molar-refractivity contribution in [3.05, 3.63) is 22.5 Å². The molecule has 0 spiro atoms. The van der Waals surface area contributed by atoms with Gasteiger partial charge in [-0.25, -0.2) is 19.5 Å². The van der Waals surface area contributed by atoms with Crippen LogP contribution in [0.1, 0.15) is 57.7 Å². The maximum atomic E-state index is 13.5. The molecule has 0 unspecified atom stereocenters. The lowest BCUT2D eigenvalue weighted by Crippen LogP contribution is -2.55.